The average Bonchev–Trinajstić information content (AvgIpc) is 3.19. The smallest absolute Gasteiger partial charge is 0.223 e. The summed E-state index contributed by atoms with van der Waals surface area (Å²) in [5, 5.41) is 4.52. The molecule has 5 heteroatoms. The minimum absolute atomic E-state index is 0.214. The molecule has 22 heavy (non-hydrogen) atoms. The van der Waals surface area contributed by atoms with Gasteiger partial charge in [-0.05, 0) is 46.0 Å². The van der Waals surface area contributed by atoms with Crippen LogP contribution in [0.3, 0.4) is 0 Å². The average molecular weight is 305 g/mol. The summed E-state index contributed by atoms with van der Waals surface area (Å²) in [5.74, 6) is 0.278. The fourth-order valence-electron chi connectivity index (χ4n) is 3.94. The van der Waals surface area contributed by atoms with Crippen LogP contribution < -0.4 is 0 Å². The molecule has 1 amide bonds. The van der Waals surface area contributed by atoms with E-state index in [1.807, 2.05) is 11.7 Å². The number of carbonyl (C=O) groups is 1. The third-order valence-electron chi connectivity index (χ3n) is 5.18. The summed E-state index contributed by atoms with van der Waals surface area (Å²) in [6.07, 6.45) is 6.17. The molecule has 0 saturated carbocycles. The zero-order valence-corrected chi connectivity index (χ0v) is 14.0. The summed E-state index contributed by atoms with van der Waals surface area (Å²) in [6.45, 7) is 5.89. The van der Waals surface area contributed by atoms with Crippen molar-refractivity contribution in [2.45, 2.75) is 64.5 Å². The lowest BCUT2D eigenvalue weighted by molar-refractivity contribution is -0.132. The van der Waals surface area contributed by atoms with Gasteiger partial charge in [0.25, 0.3) is 0 Å². The molecule has 122 valence electrons. The van der Waals surface area contributed by atoms with Crippen molar-refractivity contribution in [1.29, 1.82) is 0 Å². The first-order valence-electron chi connectivity index (χ1n) is 8.49. The van der Waals surface area contributed by atoms with Gasteiger partial charge in [0.1, 0.15) is 0 Å². The van der Waals surface area contributed by atoms with Crippen LogP contribution in [0.5, 0.6) is 0 Å². The molecule has 1 aromatic rings. The predicted molar refractivity (Wildman–Crippen MR) is 84.6 cm³/mol. The molecule has 0 aromatic carbocycles. The highest BCUT2D eigenvalue weighted by atomic mass is 16.5. The monoisotopic (exact) mass is 305 g/mol. The van der Waals surface area contributed by atoms with E-state index in [0.29, 0.717) is 12.5 Å². The van der Waals surface area contributed by atoms with Crippen LogP contribution in [0.1, 0.15) is 61.5 Å². The lowest BCUT2D eigenvalue weighted by Gasteiger charge is -2.26. The number of likely N-dealkylation sites (tertiary alicyclic amines) is 1. The summed E-state index contributed by atoms with van der Waals surface area (Å²) >= 11 is 0. The van der Waals surface area contributed by atoms with Crippen molar-refractivity contribution < 1.29 is 9.53 Å². The van der Waals surface area contributed by atoms with Crippen LogP contribution in [0.2, 0.25) is 0 Å². The number of aromatic nitrogens is 2. The number of rotatable bonds is 4. The second-order valence-electron chi connectivity index (χ2n) is 6.63. The summed E-state index contributed by atoms with van der Waals surface area (Å²) in [7, 11) is 1.98. The predicted octanol–water partition coefficient (Wildman–Crippen LogP) is 2.66. The SMILES string of the molecule is Cc1nn(C)c(C)c1[C@@H]1CCCN1C(=O)CC[C@H]1CCCO1. The van der Waals surface area contributed by atoms with Crippen molar-refractivity contribution in [2.75, 3.05) is 13.2 Å². The molecular weight excluding hydrogens is 278 g/mol. The fourth-order valence-corrected chi connectivity index (χ4v) is 3.94. The van der Waals surface area contributed by atoms with Crippen molar-refractivity contribution in [1.82, 2.24) is 14.7 Å². The van der Waals surface area contributed by atoms with E-state index >= 15 is 0 Å². The van der Waals surface area contributed by atoms with Crippen LogP contribution >= 0.6 is 0 Å². The molecule has 2 atom stereocenters. The molecular formula is C17H27N3O2. The van der Waals surface area contributed by atoms with Gasteiger partial charge in [0.05, 0.1) is 17.8 Å². The van der Waals surface area contributed by atoms with E-state index in [1.165, 1.54) is 11.3 Å². The third-order valence-corrected chi connectivity index (χ3v) is 5.18. The van der Waals surface area contributed by atoms with Crippen molar-refractivity contribution in [3.05, 3.63) is 17.0 Å². The maximum absolute atomic E-state index is 12.7. The molecule has 0 N–H and O–H groups in total. The van der Waals surface area contributed by atoms with Gasteiger partial charge in [0.2, 0.25) is 5.91 Å². The maximum atomic E-state index is 12.7. The van der Waals surface area contributed by atoms with Crippen LogP contribution in [-0.4, -0.2) is 39.8 Å². The van der Waals surface area contributed by atoms with Crippen molar-refractivity contribution >= 4 is 5.91 Å². The molecule has 0 spiro atoms. The first-order valence-corrected chi connectivity index (χ1v) is 8.49. The summed E-state index contributed by atoms with van der Waals surface area (Å²) in [6, 6.07) is 0.214. The van der Waals surface area contributed by atoms with Gasteiger partial charge in [-0.3, -0.25) is 9.48 Å². The van der Waals surface area contributed by atoms with Crippen LogP contribution in [0.15, 0.2) is 0 Å². The quantitative estimate of drug-likeness (QED) is 0.859. The number of hydrogen-bond donors (Lipinski definition) is 0. The second-order valence-corrected chi connectivity index (χ2v) is 6.63. The van der Waals surface area contributed by atoms with E-state index < -0.39 is 0 Å². The minimum atomic E-state index is 0.214. The van der Waals surface area contributed by atoms with Gasteiger partial charge in [0.15, 0.2) is 0 Å². The Morgan fingerprint density at radius 2 is 2.14 bits per heavy atom. The summed E-state index contributed by atoms with van der Waals surface area (Å²) in [4.78, 5) is 14.7. The minimum Gasteiger partial charge on any atom is -0.378 e. The molecule has 2 saturated heterocycles. The molecule has 1 aromatic heterocycles. The fraction of sp³-hybridized carbons (Fsp3) is 0.765. The largest absolute Gasteiger partial charge is 0.378 e. The van der Waals surface area contributed by atoms with Gasteiger partial charge >= 0.3 is 0 Å². The first kappa shape index (κ1) is 15.5. The highest BCUT2D eigenvalue weighted by Crippen LogP contribution is 2.36. The molecule has 0 radical (unpaired) electrons. The summed E-state index contributed by atoms with van der Waals surface area (Å²) < 4.78 is 7.56. The Kier molecular flexibility index (Phi) is 4.52. The normalized spacial score (nSPS) is 25.1. The van der Waals surface area contributed by atoms with E-state index in [2.05, 4.69) is 23.8 Å². The molecule has 2 aliphatic heterocycles. The highest BCUT2D eigenvalue weighted by molar-refractivity contribution is 5.77. The maximum Gasteiger partial charge on any atom is 0.223 e. The number of carbonyl (C=O) groups excluding carboxylic acids is 1. The van der Waals surface area contributed by atoms with Gasteiger partial charge in [0, 0.05) is 37.9 Å². The van der Waals surface area contributed by atoms with Crippen LogP contribution in [0.4, 0.5) is 0 Å². The number of aryl methyl sites for hydroxylation is 2. The highest BCUT2D eigenvalue weighted by Gasteiger charge is 2.33. The van der Waals surface area contributed by atoms with Crippen LogP contribution in [0.25, 0.3) is 0 Å². The second kappa shape index (κ2) is 6.41. The molecule has 2 fully saturated rings. The lowest BCUT2D eigenvalue weighted by atomic mass is 10.0. The molecule has 0 bridgehead atoms. The molecule has 3 rings (SSSR count). The van der Waals surface area contributed by atoms with E-state index in [4.69, 9.17) is 4.74 Å². The van der Waals surface area contributed by atoms with Crippen molar-refractivity contribution in [2.24, 2.45) is 7.05 Å². The number of nitrogens with zero attached hydrogens (tertiary/aromatic N) is 3. The Hall–Kier alpha value is -1.36. The van der Waals surface area contributed by atoms with Gasteiger partial charge in [-0.2, -0.15) is 5.10 Å². The first-order chi connectivity index (χ1) is 10.6. The van der Waals surface area contributed by atoms with E-state index in [9.17, 15) is 4.79 Å². The molecule has 0 unspecified atom stereocenters. The Bertz CT molecular complexity index is 546. The van der Waals surface area contributed by atoms with Gasteiger partial charge in [-0.25, -0.2) is 0 Å². The zero-order chi connectivity index (χ0) is 15.7. The molecule has 5 nitrogen and oxygen atoms in total. The number of amides is 1. The van der Waals surface area contributed by atoms with Gasteiger partial charge in [-0.15, -0.1) is 0 Å². The Labute approximate surface area is 132 Å². The molecule has 0 aliphatic carbocycles. The lowest BCUT2D eigenvalue weighted by Crippen LogP contribution is -2.31. The van der Waals surface area contributed by atoms with Crippen LogP contribution in [0, 0.1) is 13.8 Å². The zero-order valence-electron chi connectivity index (χ0n) is 14.0. The number of ether oxygens (including phenoxy) is 1. The topological polar surface area (TPSA) is 47.4 Å². The molecule has 2 aliphatic rings. The van der Waals surface area contributed by atoms with Gasteiger partial charge < -0.3 is 9.64 Å². The molecule has 3 heterocycles. The van der Waals surface area contributed by atoms with Crippen molar-refractivity contribution in [3.8, 4) is 0 Å². The van der Waals surface area contributed by atoms with Crippen molar-refractivity contribution in [3.63, 3.8) is 0 Å². The van der Waals surface area contributed by atoms with Gasteiger partial charge in [-0.1, -0.05) is 0 Å². The van der Waals surface area contributed by atoms with E-state index in [0.717, 1.165) is 50.9 Å². The standard InChI is InChI=1S/C17H27N3O2/c1-12-17(13(2)19(3)18-12)15-7-4-10-20(15)16(21)9-8-14-6-5-11-22-14/h14-15H,4-11H2,1-3H3/t14-,15+/m1/s1. The Morgan fingerprint density at radius 3 is 2.77 bits per heavy atom. The third kappa shape index (κ3) is 2.91. The van der Waals surface area contributed by atoms with E-state index in [1.54, 1.807) is 0 Å². The Balaban J connectivity index is 1.68. The van der Waals surface area contributed by atoms with Crippen LogP contribution in [-0.2, 0) is 16.6 Å². The summed E-state index contributed by atoms with van der Waals surface area (Å²) in [5.41, 5.74) is 3.50. The van der Waals surface area contributed by atoms with E-state index in [-0.39, 0.29) is 11.9 Å². The Morgan fingerprint density at radius 1 is 1.32 bits per heavy atom. The number of hydrogen-bond acceptors (Lipinski definition) is 3.